The van der Waals surface area contributed by atoms with Crippen LogP contribution in [0.15, 0.2) is 18.5 Å². The van der Waals surface area contributed by atoms with Crippen molar-refractivity contribution in [3.8, 4) is 0 Å². The zero-order chi connectivity index (χ0) is 10.2. The van der Waals surface area contributed by atoms with Crippen molar-refractivity contribution in [2.45, 2.75) is 45.7 Å². The fraction of sp³-hybridized carbons (Fsp3) is 0.727. The van der Waals surface area contributed by atoms with Gasteiger partial charge in [-0.1, -0.05) is 13.3 Å². The van der Waals surface area contributed by atoms with Crippen LogP contribution < -0.4 is 5.32 Å². The molecule has 0 aliphatic carbocycles. The van der Waals surface area contributed by atoms with E-state index < -0.39 is 0 Å². The van der Waals surface area contributed by atoms with E-state index in [0.717, 1.165) is 13.1 Å². The van der Waals surface area contributed by atoms with Crippen LogP contribution in [-0.2, 0) is 6.54 Å². The van der Waals surface area contributed by atoms with Crippen LogP contribution in [0.4, 0.5) is 0 Å². The Balaban J connectivity index is 1.99. The number of aromatic nitrogens is 2. The maximum Gasteiger partial charge on any atom is 0.0489 e. The van der Waals surface area contributed by atoms with Crippen LogP contribution >= 0.6 is 0 Å². The fourth-order valence-electron chi connectivity index (χ4n) is 1.61. The lowest BCUT2D eigenvalue weighted by Crippen LogP contribution is -2.25. The Labute approximate surface area is 86.5 Å². The van der Waals surface area contributed by atoms with Gasteiger partial charge in [0.05, 0.1) is 0 Å². The molecule has 80 valence electrons. The van der Waals surface area contributed by atoms with Crippen molar-refractivity contribution in [3.05, 3.63) is 18.5 Å². The van der Waals surface area contributed by atoms with Crippen LogP contribution in [0.1, 0.15) is 33.1 Å². The lowest BCUT2D eigenvalue weighted by molar-refractivity contribution is 0.475. The average molecular weight is 195 g/mol. The number of aryl methyl sites for hydroxylation is 1. The first kappa shape index (κ1) is 11.2. The minimum atomic E-state index is 0.651. The highest BCUT2D eigenvalue weighted by molar-refractivity contribution is 4.77. The van der Waals surface area contributed by atoms with Gasteiger partial charge in [-0.2, -0.15) is 5.10 Å². The van der Waals surface area contributed by atoms with Crippen molar-refractivity contribution < 1.29 is 0 Å². The van der Waals surface area contributed by atoms with Crippen molar-refractivity contribution in [1.82, 2.24) is 15.1 Å². The van der Waals surface area contributed by atoms with Gasteiger partial charge in [-0.15, -0.1) is 0 Å². The highest BCUT2D eigenvalue weighted by Gasteiger charge is 1.98. The van der Waals surface area contributed by atoms with Crippen molar-refractivity contribution in [2.75, 3.05) is 6.54 Å². The van der Waals surface area contributed by atoms with Gasteiger partial charge in [-0.05, 0) is 32.4 Å². The summed E-state index contributed by atoms with van der Waals surface area (Å²) in [6.07, 6.45) is 7.61. The van der Waals surface area contributed by atoms with E-state index >= 15 is 0 Å². The first-order valence-corrected chi connectivity index (χ1v) is 5.53. The van der Waals surface area contributed by atoms with Gasteiger partial charge in [0, 0.05) is 25.0 Å². The van der Waals surface area contributed by atoms with E-state index in [1.54, 1.807) is 0 Å². The molecule has 1 N–H and O–H groups in total. The second-order valence-electron chi connectivity index (χ2n) is 3.72. The molecule has 0 aliphatic heterocycles. The van der Waals surface area contributed by atoms with Gasteiger partial charge in [0.15, 0.2) is 0 Å². The summed E-state index contributed by atoms with van der Waals surface area (Å²) in [7, 11) is 0. The van der Waals surface area contributed by atoms with Gasteiger partial charge in [0.2, 0.25) is 0 Å². The third-order valence-corrected chi connectivity index (χ3v) is 2.39. The van der Waals surface area contributed by atoms with Crippen LogP contribution in [0.3, 0.4) is 0 Å². The highest BCUT2D eigenvalue weighted by atomic mass is 15.3. The van der Waals surface area contributed by atoms with Crippen molar-refractivity contribution in [2.24, 2.45) is 0 Å². The first-order valence-electron chi connectivity index (χ1n) is 5.53. The molecule has 1 unspecified atom stereocenters. The zero-order valence-electron chi connectivity index (χ0n) is 9.24. The lowest BCUT2D eigenvalue weighted by Gasteiger charge is -2.11. The Bertz CT molecular complexity index is 218. The van der Waals surface area contributed by atoms with Gasteiger partial charge in [0.1, 0.15) is 0 Å². The topological polar surface area (TPSA) is 29.9 Å². The van der Waals surface area contributed by atoms with Crippen LogP contribution in [0.25, 0.3) is 0 Å². The van der Waals surface area contributed by atoms with Crippen LogP contribution in [0.5, 0.6) is 0 Å². The molecule has 1 heterocycles. The third-order valence-electron chi connectivity index (χ3n) is 2.39. The van der Waals surface area contributed by atoms with Gasteiger partial charge < -0.3 is 5.32 Å². The summed E-state index contributed by atoms with van der Waals surface area (Å²) in [6, 6.07) is 2.62. The summed E-state index contributed by atoms with van der Waals surface area (Å²) >= 11 is 0. The fourth-order valence-corrected chi connectivity index (χ4v) is 1.61. The maximum atomic E-state index is 4.17. The van der Waals surface area contributed by atoms with Crippen molar-refractivity contribution >= 4 is 0 Å². The van der Waals surface area contributed by atoms with E-state index in [0.29, 0.717) is 6.04 Å². The normalized spacial score (nSPS) is 13.0. The standard InChI is InChI=1S/C11H21N3/c1-3-12-11(2)7-4-5-9-14-10-6-8-13-14/h6,8,10-12H,3-5,7,9H2,1-2H3. The van der Waals surface area contributed by atoms with E-state index in [2.05, 4.69) is 24.3 Å². The van der Waals surface area contributed by atoms with E-state index in [9.17, 15) is 0 Å². The number of rotatable bonds is 7. The third kappa shape index (κ3) is 4.42. The molecule has 1 rings (SSSR count). The smallest absolute Gasteiger partial charge is 0.0489 e. The molecule has 3 nitrogen and oxygen atoms in total. The maximum absolute atomic E-state index is 4.17. The summed E-state index contributed by atoms with van der Waals surface area (Å²) in [5.74, 6) is 0. The molecule has 1 atom stereocenters. The average Bonchev–Trinajstić information content (AvgIpc) is 2.65. The molecule has 0 amide bonds. The van der Waals surface area contributed by atoms with Crippen LogP contribution in [-0.4, -0.2) is 22.4 Å². The Hall–Kier alpha value is -0.830. The number of hydrogen-bond donors (Lipinski definition) is 1. The lowest BCUT2D eigenvalue weighted by atomic mass is 10.1. The number of hydrogen-bond acceptors (Lipinski definition) is 2. The predicted octanol–water partition coefficient (Wildman–Crippen LogP) is 2.05. The Kier molecular flexibility index (Phi) is 5.30. The molecule has 0 bridgehead atoms. The van der Waals surface area contributed by atoms with Crippen LogP contribution in [0.2, 0.25) is 0 Å². The molecule has 1 aromatic heterocycles. The molecular formula is C11H21N3. The second kappa shape index (κ2) is 6.60. The minimum absolute atomic E-state index is 0.651. The van der Waals surface area contributed by atoms with Crippen LogP contribution in [0, 0.1) is 0 Å². The van der Waals surface area contributed by atoms with Gasteiger partial charge >= 0.3 is 0 Å². The number of nitrogens with zero attached hydrogens (tertiary/aromatic N) is 2. The Morgan fingerprint density at radius 1 is 1.43 bits per heavy atom. The van der Waals surface area contributed by atoms with Gasteiger partial charge in [-0.25, -0.2) is 0 Å². The Morgan fingerprint density at radius 3 is 2.93 bits per heavy atom. The zero-order valence-corrected chi connectivity index (χ0v) is 9.24. The molecule has 0 radical (unpaired) electrons. The predicted molar refractivity (Wildman–Crippen MR) is 59.2 cm³/mol. The molecule has 0 fully saturated rings. The monoisotopic (exact) mass is 195 g/mol. The molecular weight excluding hydrogens is 174 g/mol. The van der Waals surface area contributed by atoms with Crippen molar-refractivity contribution in [3.63, 3.8) is 0 Å². The van der Waals surface area contributed by atoms with E-state index in [1.165, 1.54) is 19.3 Å². The quantitative estimate of drug-likeness (QED) is 0.675. The summed E-state index contributed by atoms with van der Waals surface area (Å²) in [4.78, 5) is 0. The highest BCUT2D eigenvalue weighted by Crippen LogP contribution is 2.01. The first-order chi connectivity index (χ1) is 6.83. The summed E-state index contributed by atoms with van der Waals surface area (Å²) in [5.41, 5.74) is 0. The molecule has 0 aliphatic rings. The molecule has 1 aromatic rings. The van der Waals surface area contributed by atoms with Gasteiger partial charge in [0.25, 0.3) is 0 Å². The Morgan fingerprint density at radius 2 is 2.29 bits per heavy atom. The molecule has 0 aromatic carbocycles. The molecule has 0 spiro atoms. The summed E-state index contributed by atoms with van der Waals surface area (Å²) < 4.78 is 2.00. The SMILES string of the molecule is CCNC(C)CCCCn1cccn1. The minimum Gasteiger partial charge on any atom is -0.315 e. The molecule has 0 saturated heterocycles. The summed E-state index contributed by atoms with van der Waals surface area (Å²) in [6.45, 7) is 6.52. The van der Waals surface area contributed by atoms with Crippen molar-refractivity contribution in [1.29, 1.82) is 0 Å². The summed E-state index contributed by atoms with van der Waals surface area (Å²) in [5, 5.41) is 7.59. The second-order valence-corrected chi connectivity index (χ2v) is 3.72. The number of unbranched alkanes of at least 4 members (excludes halogenated alkanes) is 1. The molecule has 3 heteroatoms. The molecule has 0 saturated carbocycles. The molecule has 14 heavy (non-hydrogen) atoms. The van der Waals surface area contributed by atoms with E-state index in [1.807, 2.05) is 23.1 Å². The van der Waals surface area contributed by atoms with E-state index in [4.69, 9.17) is 0 Å². The number of nitrogens with one attached hydrogen (secondary N) is 1. The van der Waals surface area contributed by atoms with Gasteiger partial charge in [-0.3, -0.25) is 4.68 Å². The van der Waals surface area contributed by atoms with E-state index in [-0.39, 0.29) is 0 Å². The largest absolute Gasteiger partial charge is 0.315 e.